The third-order valence-corrected chi connectivity index (χ3v) is 2.85. The van der Waals surface area contributed by atoms with Crippen molar-refractivity contribution in [3.63, 3.8) is 0 Å². The zero-order valence-corrected chi connectivity index (χ0v) is 8.77. The molecule has 1 heterocycles. The molecule has 0 aliphatic heterocycles. The standard InChI is InChI=1S/C13H9NO3/c15-12-6-11-8(5-9(12)13(16)17)7-3-1-2-4-10(7)14-11/h1-6,14-15H,(H,16,17). The number of aromatic amines is 1. The van der Waals surface area contributed by atoms with E-state index < -0.39 is 5.97 Å². The van der Waals surface area contributed by atoms with Crippen LogP contribution >= 0.6 is 0 Å². The third kappa shape index (κ3) is 1.34. The number of rotatable bonds is 1. The summed E-state index contributed by atoms with van der Waals surface area (Å²) in [6.07, 6.45) is 0. The van der Waals surface area contributed by atoms with Crippen LogP contribution in [0.3, 0.4) is 0 Å². The van der Waals surface area contributed by atoms with Gasteiger partial charge in [-0.15, -0.1) is 0 Å². The van der Waals surface area contributed by atoms with Crippen molar-refractivity contribution in [3.8, 4) is 5.75 Å². The molecule has 0 aliphatic rings. The third-order valence-electron chi connectivity index (χ3n) is 2.85. The molecule has 3 N–H and O–H groups in total. The zero-order chi connectivity index (χ0) is 12.0. The maximum absolute atomic E-state index is 11.0. The van der Waals surface area contributed by atoms with Gasteiger partial charge in [-0.2, -0.15) is 0 Å². The number of fused-ring (bicyclic) bond motifs is 3. The summed E-state index contributed by atoms with van der Waals surface area (Å²) in [6, 6.07) is 10.5. The molecule has 0 spiro atoms. The molecule has 3 rings (SSSR count). The van der Waals surface area contributed by atoms with Crippen molar-refractivity contribution in [2.75, 3.05) is 0 Å². The van der Waals surface area contributed by atoms with Gasteiger partial charge >= 0.3 is 5.97 Å². The van der Waals surface area contributed by atoms with Gasteiger partial charge in [0.05, 0.1) is 5.52 Å². The Morgan fingerprint density at radius 3 is 2.59 bits per heavy atom. The van der Waals surface area contributed by atoms with Crippen LogP contribution in [0, 0.1) is 0 Å². The number of aromatic hydroxyl groups is 1. The molecule has 0 bridgehead atoms. The molecule has 4 heteroatoms. The normalized spacial score (nSPS) is 11.1. The molecule has 0 atom stereocenters. The minimum atomic E-state index is -1.13. The predicted molar refractivity (Wildman–Crippen MR) is 64.4 cm³/mol. The number of aromatic carboxylic acids is 1. The van der Waals surface area contributed by atoms with Gasteiger partial charge in [0.1, 0.15) is 11.3 Å². The molecule has 3 aromatic rings. The fraction of sp³-hybridized carbons (Fsp3) is 0. The molecule has 0 saturated carbocycles. The lowest BCUT2D eigenvalue weighted by Crippen LogP contribution is -1.96. The molecule has 4 nitrogen and oxygen atoms in total. The lowest BCUT2D eigenvalue weighted by atomic mass is 10.1. The first-order valence-corrected chi connectivity index (χ1v) is 5.13. The molecule has 84 valence electrons. The Morgan fingerprint density at radius 2 is 1.82 bits per heavy atom. The predicted octanol–water partition coefficient (Wildman–Crippen LogP) is 2.72. The number of hydrogen-bond acceptors (Lipinski definition) is 2. The maximum Gasteiger partial charge on any atom is 0.339 e. The Morgan fingerprint density at radius 1 is 1.06 bits per heavy atom. The molecule has 0 unspecified atom stereocenters. The number of benzene rings is 2. The van der Waals surface area contributed by atoms with Crippen LogP contribution < -0.4 is 0 Å². The molecular formula is C13H9NO3. The Labute approximate surface area is 96.1 Å². The zero-order valence-electron chi connectivity index (χ0n) is 8.77. The van der Waals surface area contributed by atoms with Gasteiger partial charge in [0, 0.05) is 22.4 Å². The second-order valence-corrected chi connectivity index (χ2v) is 3.89. The van der Waals surface area contributed by atoms with E-state index in [4.69, 9.17) is 5.11 Å². The minimum Gasteiger partial charge on any atom is -0.507 e. The van der Waals surface area contributed by atoms with E-state index in [2.05, 4.69) is 4.98 Å². The first kappa shape index (κ1) is 9.72. The lowest BCUT2D eigenvalue weighted by molar-refractivity contribution is 0.0694. The van der Waals surface area contributed by atoms with E-state index in [1.807, 2.05) is 24.3 Å². The average molecular weight is 227 g/mol. The molecule has 0 aliphatic carbocycles. The Balaban J connectivity index is 2.47. The maximum atomic E-state index is 11.0. The highest BCUT2D eigenvalue weighted by Crippen LogP contribution is 2.30. The van der Waals surface area contributed by atoms with Gasteiger partial charge in [-0.1, -0.05) is 18.2 Å². The van der Waals surface area contributed by atoms with Crippen LogP contribution in [0.1, 0.15) is 10.4 Å². The highest BCUT2D eigenvalue weighted by atomic mass is 16.4. The second kappa shape index (κ2) is 3.25. The van der Waals surface area contributed by atoms with Crippen molar-refractivity contribution in [1.29, 1.82) is 0 Å². The summed E-state index contributed by atoms with van der Waals surface area (Å²) in [5.41, 5.74) is 1.57. The van der Waals surface area contributed by atoms with Crippen LogP contribution in [0.15, 0.2) is 36.4 Å². The van der Waals surface area contributed by atoms with Crippen LogP contribution in [-0.4, -0.2) is 21.2 Å². The van der Waals surface area contributed by atoms with Crippen LogP contribution in [0.2, 0.25) is 0 Å². The summed E-state index contributed by atoms with van der Waals surface area (Å²) >= 11 is 0. The summed E-state index contributed by atoms with van der Waals surface area (Å²) in [5, 5.41) is 20.3. The largest absolute Gasteiger partial charge is 0.507 e. The molecule has 0 fully saturated rings. The summed E-state index contributed by atoms with van der Waals surface area (Å²) in [4.78, 5) is 14.1. The number of aromatic nitrogens is 1. The number of H-pyrrole nitrogens is 1. The van der Waals surface area contributed by atoms with Gasteiger partial charge in [0.25, 0.3) is 0 Å². The first-order chi connectivity index (χ1) is 8.16. The van der Waals surface area contributed by atoms with E-state index in [9.17, 15) is 9.90 Å². The fourth-order valence-electron chi connectivity index (χ4n) is 2.06. The molecule has 17 heavy (non-hydrogen) atoms. The van der Waals surface area contributed by atoms with E-state index in [0.717, 1.165) is 21.8 Å². The molecule has 0 radical (unpaired) electrons. The summed E-state index contributed by atoms with van der Waals surface area (Å²) in [7, 11) is 0. The van der Waals surface area contributed by atoms with Crippen LogP contribution in [0.4, 0.5) is 0 Å². The quantitative estimate of drug-likeness (QED) is 0.598. The van der Waals surface area contributed by atoms with Crippen LogP contribution in [0.5, 0.6) is 5.75 Å². The number of carboxylic acids is 1. The molecular weight excluding hydrogens is 218 g/mol. The summed E-state index contributed by atoms with van der Waals surface area (Å²) in [6.45, 7) is 0. The SMILES string of the molecule is O=C(O)c1cc2c(cc1O)[nH]c1ccccc12. The van der Waals surface area contributed by atoms with Gasteiger partial charge in [-0.25, -0.2) is 4.79 Å². The van der Waals surface area contributed by atoms with E-state index in [1.165, 1.54) is 12.1 Å². The topological polar surface area (TPSA) is 73.3 Å². The number of hydrogen-bond donors (Lipinski definition) is 3. The van der Waals surface area contributed by atoms with E-state index in [-0.39, 0.29) is 11.3 Å². The highest BCUT2D eigenvalue weighted by Gasteiger charge is 2.13. The second-order valence-electron chi connectivity index (χ2n) is 3.89. The van der Waals surface area contributed by atoms with Crippen molar-refractivity contribution in [1.82, 2.24) is 4.98 Å². The first-order valence-electron chi connectivity index (χ1n) is 5.13. The average Bonchev–Trinajstić information content (AvgIpc) is 2.64. The van der Waals surface area contributed by atoms with Crippen molar-refractivity contribution >= 4 is 27.8 Å². The van der Waals surface area contributed by atoms with Gasteiger partial charge in [0.2, 0.25) is 0 Å². The Bertz CT molecular complexity index is 743. The molecule has 0 amide bonds. The Hall–Kier alpha value is -2.49. The minimum absolute atomic E-state index is 0.0812. The van der Waals surface area contributed by atoms with Crippen LogP contribution in [0.25, 0.3) is 21.8 Å². The molecule has 2 aromatic carbocycles. The number of nitrogens with one attached hydrogen (secondary N) is 1. The fourth-order valence-corrected chi connectivity index (χ4v) is 2.06. The van der Waals surface area contributed by atoms with E-state index in [1.54, 1.807) is 0 Å². The summed E-state index contributed by atoms with van der Waals surface area (Å²) in [5.74, 6) is -1.36. The van der Waals surface area contributed by atoms with Crippen molar-refractivity contribution < 1.29 is 15.0 Å². The number of para-hydroxylation sites is 1. The number of phenols is 1. The van der Waals surface area contributed by atoms with Gasteiger partial charge in [0.15, 0.2) is 0 Å². The van der Waals surface area contributed by atoms with Gasteiger partial charge in [-0.3, -0.25) is 0 Å². The van der Waals surface area contributed by atoms with E-state index in [0.29, 0.717) is 0 Å². The summed E-state index contributed by atoms with van der Waals surface area (Å²) < 4.78 is 0. The van der Waals surface area contributed by atoms with Gasteiger partial charge in [-0.05, 0) is 12.1 Å². The van der Waals surface area contributed by atoms with Crippen molar-refractivity contribution in [2.45, 2.75) is 0 Å². The number of carbonyl (C=O) groups is 1. The Kier molecular flexibility index (Phi) is 1.86. The lowest BCUT2D eigenvalue weighted by Gasteiger charge is -1.99. The highest BCUT2D eigenvalue weighted by molar-refractivity contribution is 6.10. The molecule has 0 saturated heterocycles. The van der Waals surface area contributed by atoms with Crippen molar-refractivity contribution in [3.05, 3.63) is 42.0 Å². The van der Waals surface area contributed by atoms with Crippen LogP contribution in [-0.2, 0) is 0 Å². The van der Waals surface area contributed by atoms with E-state index >= 15 is 0 Å². The molecule has 1 aromatic heterocycles. The smallest absolute Gasteiger partial charge is 0.339 e. The number of carboxylic acid groups (broad SMARTS) is 1. The van der Waals surface area contributed by atoms with Gasteiger partial charge < -0.3 is 15.2 Å². The monoisotopic (exact) mass is 227 g/mol. The van der Waals surface area contributed by atoms with Crippen molar-refractivity contribution in [2.24, 2.45) is 0 Å².